The fraction of sp³-hybridized carbons (Fsp3) is 0.375. The molecule has 0 saturated heterocycles. The predicted octanol–water partition coefficient (Wildman–Crippen LogP) is 3.99. The van der Waals surface area contributed by atoms with Crippen LogP contribution in [0.1, 0.15) is 43.9 Å². The number of carbonyl (C=O) groups excluding carboxylic acids is 3. The third-order valence-electron chi connectivity index (χ3n) is 8.06. The first-order chi connectivity index (χ1) is 19.9. The molecule has 1 saturated carbocycles. The molecule has 5 rings (SSSR count). The van der Waals surface area contributed by atoms with Gasteiger partial charge in [-0.2, -0.15) is 0 Å². The summed E-state index contributed by atoms with van der Waals surface area (Å²) in [6, 6.07) is 11.4. The molecular formula is C32H34N2O7S. The molecule has 0 aliphatic heterocycles. The number of methoxy groups -OCH3 is 2. The van der Waals surface area contributed by atoms with Crippen LogP contribution >= 0.6 is 12.2 Å². The standard InChI is InChI=1S/C32H34N2O7S/c1-32(2,3)34-30(39)24-28(37)23-19(25(29(24)38)33-31(42)15-9-7-6-8-10-15)13-17-11-16-12-18(40-4)14-20(41-5)21(16)26(35)22(17)27(23)36/h6-10,12,14,17,19,23,25,35,37H,11,13H2,1-5H3,(H,33,42)(H,34,39). The molecule has 220 valence electrons. The Morgan fingerprint density at radius 2 is 1.71 bits per heavy atom. The van der Waals surface area contributed by atoms with E-state index < -0.39 is 58.1 Å². The van der Waals surface area contributed by atoms with Crippen LogP contribution in [0.15, 0.2) is 59.4 Å². The van der Waals surface area contributed by atoms with E-state index in [1.54, 1.807) is 45.0 Å². The smallest absolute Gasteiger partial charge is 0.258 e. The number of Topliss-reactive ketones (excluding diaryl/α,β-unsaturated/α-hetero) is 2. The Labute approximate surface area is 249 Å². The zero-order valence-electron chi connectivity index (χ0n) is 24.1. The normalized spacial score (nSPS) is 23.5. The van der Waals surface area contributed by atoms with Crippen LogP contribution in [0, 0.1) is 17.8 Å². The molecule has 0 bridgehead atoms. The number of aliphatic hydroxyl groups excluding tert-OH is 2. The maximum absolute atomic E-state index is 14.2. The quantitative estimate of drug-likeness (QED) is 0.301. The number of ether oxygens (including phenoxy) is 2. The minimum absolute atomic E-state index is 0.146. The second-order valence-corrected chi connectivity index (χ2v) is 12.3. The average Bonchev–Trinajstić information content (AvgIpc) is 2.93. The van der Waals surface area contributed by atoms with Gasteiger partial charge in [-0.1, -0.05) is 42.5 Å². The molecule has 0 heterocycles. The molecule has 1 amide bonds. The predicted molar refractivity (Wildman–Crippen MR) is 161 cm³/mol. The first kappa shape index (κ1) is 29.3. The Bertz CT molecular complexity index is 1550. The van der Waals surface area contributed by atoms with Gasteiger partial charge in [0, 0.05) is 28.7 Å². The summed E-state index contributed by atoms with van der Waals surface area (Å²) in [4.78, 5) is 41.8. The first-order valence-corrected chi connectivity index (χ1v) is 14.2. The van der Waals surface area contributed by atoms with Crippen LogP contribution in [0.3, 0.4) is 0 Å². The van der Waals surface area contributed by atoms with Crippen LogP contribution in [-0.4, -0.2) is 58.5 Å². The highest BCUT2D eigenvalue weighted by Gasteiger charge is 2.55. The fourth-order valence-electron chi connectivity index (χ4n) is 6.30. The van der Waals surface area contributed by atoms with E-state index in [1.165, 1.54) is 14.2 Å². The van der Waals surface area contributed by atoms with Crippen LogP contribution in [0.5, 0.6) is 11.5 Å². The highest BCUT2D eigenvalue weighted by molar-refractivity contribution is 7.80. The number of nitrogens with one attached hydrogen (secondary N) is 2. The van der Waals surface area contributed by atoms with Crippen LogP contribution in [0.4, 0.5) is 0 Å². The zero-order valence-corrected chi connectivity index (χ0v) is 24.9. The van der Waals surface area contributed by atoms with Gasteiger partial charge in [-0.3, -0.25) is 14.4 Å². The second kappa shape index (κ2) is 10.9. The van der Waals surface area contributed by atoms with Crippen molar-refractivity contribution >= 4 is 40.4 Å². The number of fused-ring (bicyclic) bond motifs is 3. The summed E-state index contributed by atoms with van der Waals surface area (Å²) in [5.74, 6) is -4.33. The van der Waals surface area contributed by atoms with Gasteiger partial charge in [0.15, 0.2) is 11.6 Å². The molecular weight excluding hydrogens is 556 g/mol. The molecule has 4 N–H and O–H groups in total. The van der Waals surface area contributed by atoms with Crippen molar-refractivity contribution in [3.63, 3.8) is 0 Å². The van der Waals surface area contributed by atoms with Gasteiger partial charge in [0.05, 0.1) is 31.7 Å². The van der Waals surface area contributed by atoms with E-state index in [-0.39, 0.29) is 22.7 Å². The number of thiocarbonyl (C=S) groups is 1. The van der Waals surface area contributed by atoms with Crippen LogP contribution in [0.2, 0.25) is 0 Å². The van der Waals surface area contributed by atoms with Gasteiger partial charge in [0.2, 0.25) is 0 Å². The van der Waals surface area contributed by atoms with Gasteiger partial charge < -0.3 is 30.3 Å². The van der Waals surface area contributed by atoms with E-state index in [2.05, 4.69) is 10.6 Å². The third-order valence-corrected chi connectivity index (χ3v) is 8.41. The number of rotatable bonds is 5. The van der Waals surface area contributed by atoms with Crippen molar-refractivity contribution in [2.45, 2.75) is 45.2 Å². The van der Waals surface area contributed by atoms with Crippen LogP contribution in [-0.2, 0) is 20.8 Å². The molecule has 4 unspecified atom stereocenters. The van der Waals surface area contributed by atoms with Gasteiger partial charge >= 0.3 is 0 Å². The highest BCUT2D eigenvalue weighted by atomic mass is 32.1. The molecule has 2 aromatic rings. The number of amides is 1. The molecule has 1 fully saturated rings. The topological polar surface area (TPSA) is 134 Å². The molecule has 9 nitrogen and oxygen atoms in total. The molecule has 0 radical (unpaired) electrons. The zero-order chi connectivity index (χ0) is 30.5. The lowest BCUT2D eigenvalue weighted by Gasteiger charge is -2.45. The van der Waals surface area contributed by atoms with E-state index in [0.29, 0.717) is 29.0 Å². The molecule has 10 heteroatoms. The number of benzene rings is 2. The summed E-state index contributed by atoms with van der Waals surface area (Å²) < 4.78 is 10.9. The first-order valence-electron chi connectivity index (χ1n) is 13.7. The van der Waals surface area contributed by atoms with E-state index in [4.69, 9.17) is 21.7 Å². The SMILES string of the molecule is COc1cc2c(c(OC)c1)C(O)=C1C(=O)C3C(O)=C(C(=O)NC(C)(C)C)C(=O)C(NC(=S)c4ccccc4)C3CC1C2. The fourth-order valence-corrected chi connectivity index (χ4v) is 6.56. The summed E-state index contributed by atoms with van der Waals surface area (Å²) in [5, 5.41) is 28.8. The lowest BCUT2D eigenvalue weighted by molar-refractivity contribution is -0.130. The lowest BCUT2D eigenvalue weighted by Crippen LogP contribution is -2.58. The van der Waals surface area contributed by atoms with Crippen molar-refractivity contribution in [2.75, 3.05) is 14.2 Å². The van der Waals surface area contributed by atoms with Crippen molar-refractivity contribution in [3.05, 3.63) is 76.1 Å². The molecule has 2 aromatic carbocycles. The number of hydrogen-bond acceptors (Lipinski definition) is 8. The Balaban J connectivity index is 1.63. The lowest BCUT2D eigenvalue weighted by atomic mass is 9.60. The van der Waals surface area contributed by atoms with E-state index in [9.17, 15) is 24.6 Å². The van der Waals surface area contributed by atoms with Gasteiger partial charge in [-0.15, -0.1) is 0 Å². The Morgan fingerprint density at radius 1 is 1.02 bits per heavy atom. The van der Waals surface area contributed by atoms with Gasteiger partial charge in [-0.05, 0) is 51.2 Å². The summed E-state index contributed by atoms with van der Waals surface area (Å²) in [5.41, 5.74) is 0.745. The van der Waals surface area contributed by atoms with Crippen molar-refractivity contribution < 1.29 is 34.1 Å². The highest BCUT2D eigenvalue weighted by Crippen LogP contribution is 2.51. The molecule has 4 atom stereocenters. The van der Waals surface area contributed by atoms with E-state index in [1.807, 2.05) is 18.2 Å². The van der Waals surface area contributed by atoms with Crippen molar-refractivity contribution in [2.24, 2.45) is 17.8 Å². The summed E-state index contributed by atoms with van der Waals surface area (Å²) in [6.07, 6.45) is 0.650. The monoisotopic (exact) mass is 590 g/mol. The van der Waals surface area contributed by atoms with Crippen molar-refractivity contribution in [1.82, 2.24) is 10.6 Å². The van der Waals surface area contributed by atoms with E-state index in [0.717, 1.165) is 5.56 Å². The Hall–Kier alpha value is -4.18. The van der Waals surface area contributed by atoms with Gasteiger partial charge in [0.25, 0.3) is 5.91 Å². The molecule has 3 aliphatic carbocycles. The van der Waals surface area contributed by atoms with Gasteiger partial charge in [0.1, 0.15) is 33.6 Å². The molecule has 0 aromatic heterocycles. The third kappa shape index (κ3) is 5.04. The van der Waals surface area contributed by atoms with Crippen LogP contribution < -0.4 is 20.1 Å². The summed E-state index contributed by atoms with van der Waals surface area (Å²) >= 11 is 5.64. The van der Waals surface area contributed by atoms with Crippen molar-refractivity contribution in [1.29, 1.82) is 0 Å². The minimum Gasteiger partial charge on any atom is -0.511 e. The second-order valence-electron chi connectivity index (χ2n) is 11.9. The minimum atomic E-state index is -1.24. The number of allylic oxidation sites excluding steroid dienone is 2. The van der Waals surface area contributed by atoms with E-state index >= 15 is 0 Å². The Morgan fingerprint density at radius 3 is 2.33 bits per heavy atom. The number of hydrogen-bond donors (Lipinski definition) is 4. The largest absolute Gasteiger partial charge is 0.511 e. The maximum atomic E-state index is 14.2. The number of carbonyl (C=O) groups is 3. The molecule has 42 heavy (non-hydrogen) atoms. The number of ketones is 2. The van der Waals surface area contributed by atoms with Crippen molar-refractivity contribution in [3.8, 4) is 11.5 Å². The number of aliphatic hydroxyl groups is 2. The van der Waals surface area contributed by atoms with Crippen LogP contribution in [0.25, 0.3) is 5.76 Å². The maximum Gasteiger partial charge on any atom is 0.258 e. The summed E-state index contributed by atoms with van der Waals surface area (Å²) in [6.45, 7) is 5.25. The summed E-state index contributed by atoms with van der Waals surface area (Å²) in [7, 11) is 2.99. The molecule has 3 aliphatic rings. The molecule has 0 spiro atoms. The Kier molecular flexibility index (Phi) is 7.61. The van der Waals surface area contributed by atoms with Gasteiger partial charge in [-0.25, -0.2) is 0 Å². The average molecular weight is 591 g/mol.